The highest BCUT2D eigenvalue weighted by molar-refractivity contribution is 5.40. The first-order valence-electron chi connectivity index (χ1n) is 13.8. The Morgan fingerprint density at radius 2 is 0.684 bits per heavy atom. The molecule has 6 aliphatic heterocycles. The maximum atomic E-state index is 3.67. The molecule has 4 N–H and O–H groups in total. The van der Waals surface area contributed by atoms with Gasteiger partial charge in [0.25, 0.3) is 0 Å². The normalized spacial score (nSPS) is 40.3. The molecule has 8 unspecified atom stereocenters. The van der Waals surface area contributed by atoms with Gasteiger partial charge in [-0.15, -0.1) is 0 Å². The van der Waals surface area contributed by atoms with Crippen molar-refractivity contribution in [2.75, 3.05) is 0 Å². The van der Waals surface area contributed by atoms with Crippen molar-refractivity contribution in [2.24, 2.45) is 0 Å². The van der Waals surface area contributed by atoms with Gasteiger partial charge in [0.2, 0.25) is 0 Å². The van der Waals surface area contributed by atoms with Gasteiger partial charge in [0.15, 0.2) is 0 Å². The molecule has 192 valence electrons. The molecule has 38 heavy (non-hydrogen) atoms. The highest BCUT2D eigenvalue weighted by Gasteiger charge is 2.65. The molecule has 9 rings (SSSR count). The molecular formula is C30H32N8. The molecule has 0 radical (unpaired) electrons. The Kier molecular flexibility index (Phi) is 4.20. The van der Waals surface area contributed by atoms with Gasteiger partial charge < -0.3 is 40.9 Å². The Bertz CT molecular complexity index is 1170. The summed E-state index contributed by atoms with van der Waals surface area (Å²) >= 11 is 0. The van der Waals surface area contributed by atoms with Gasteiger partial charge in [-0.2, -0.15) is 0 Å². The molecule has 2 aromatic rings. The third-order valence-corrected chi connectivity index (χ3v) is 9.86. The van der Waals surface area contributed by atoms with Crippen LogP contribution in [0.15, 0.2) is 110 Å². The van der Waals surface area contributed by atoms with E-state index >= 15 is 0 Å². The van der Waals surface area contributed by atoms with Gasteiger partial charge in [-0.3, -0.25) is 0 Å². The molecule has 6 heterocycles. The number of piperazine rings is 2. The van der Waals surface area contributed by atoms with Crippen LogP contribution < -0.4 is 21.3 Å². The zero-order valence-corrected chi connectivity index (χ0v) is 21.0. The van der Waals surface area contributed by atoms with Gasteiger partial charge in [0.1, 0.15) is 24.7 Å². The minimum Gasteiger partial charge on any atom is -0.367 e. The van der Waals surface area contributed by atoms with Crippen molar-refractivity contribution >= 4 is 0 Å². The van der Waals surface area contributed by atoms with Crippen LogP contribution in [0.25, 0.3) is 0 Å². The maximum Gasteiger partial charge on any atom is 0.139 e. The Morgan fingerprint density at radius 1 is 0.395 bits per heavy atom. The molecule has 2 saturated heterocycles. The fourth-order valence-electron chi connectivity index (χ4n) is 8.62. The van der Waals surface area contributed by atoms with Gasteiger partial charge >= 0.3 is 0 Å². The highest BCUT2D eigenvalue weighted by atomic mass is 15.5. The average Bonchev–Trinajstić information content (AvgIpc) is 3.78. The van der Waals surface area contributed by atoms with E-state index in [4.69, 9.17) is 0 Å². The molecular weight excluding hydrogens is 472 g/mol. The van der Waals surface area contributed by atoms with E-state index in [1.807, 2.05) is 0 Å². The lowest BCUT2D eigenvalue weighted by atomic mass is 9.61. The summed E-state index contributed by atoms with van der Waals surface area (Å²) in [6.45, 7) is 0. The Labute approximate surface area is 222 Å². The quantitative estimate of drug-likeness (QED) is 0.495. The summed E-state index contributed by atoms with van der Waals surface area (Å²) in [6, 6.07) is 23.6. The summed E-state index contributed by atoms with van der Waals surface area (Å²) < 4.78 is 0. The Hall–Kier alpha value is -4.20. The van der Waals surface area contributed by atoms with Crippen LogP contribution in [0.2, 0.25) is 0 Å². The molecule has 8 nitrogen and oxygen atoms in total. The SMILES string of the molecule is C1=CN2C(N1)C1NC=CN1C1C(c3ccccc3)C3C(C(c4ccccc4)C12)N1C=CNC1C1NC=CN13. The molecule has 1 aliphatic carbocycles. The van der Waals surface area contributed by atoms with Crippen LogP contribution in [-0.4, -0.2) is 68.4 Å². The molecule has 3 fully saturated rings. The zero-order valence-electron chi connectivity index (χ0n) is 21.0. The van der Waals surface area contributed by atoms with Gasteiger partial charge in [0, 0.05) is 61.4 Å². The lowest BCUT2D eigenvalue weighted by Crippen LogP contribution is -2.80. The van der Waals surface area contributed by atoms with Gasteiger partial charge in [-0.1, -0.05) is 60.7 Å². The third kappa shape index (κ3) is 2.60. The lowest BCUT2D eigenvalue weighted by Gasteiger charge is -2.67. The maximum absolute atomic E-state index is 3.67. The number of hydrogen-bond donors (Lipinski definition) is 4. The Balaban J connectivity index is 1.31. The minimum absolute atomic E-state index is 0.179. The van der Waals surface area contributed by atoms with E-state index in [-0.39, 0.29) is 60.7 Å². The second-order valence-electron chi connectivity index (χ2n) is 11.3. The number of rotatable bonds is 2. The topological polar surface area (TPSA) is 61.1 Å². The van der Waals surface area contributed by atoms with Gasteiger partial charge in [-0.05, 0) is 11.1 Å². The number of nitrogens with one attached hydrogen (secondary N) is 4. The molecule has 0 bridgehead atoms. The van der Waals surface area contributed by atoms with Crippen molar-refractivity contribution in [3.8, 4) is 0 Å². The predicted molar refractivity (Wildman–Crippen MR) is 145 cm³/mol. The van der Waals surface area contributed by atoms with E-state index < -0.39 is 0 Å². The van der Waals surface area contributed by atoms with E-state index in [1.165, 1.54) is 11.1 Å². The second-order valence-corrected chi connectivity index (χ2v) is 11.3. The molecule has 1 saturated carbocycles. The van der Waals surface area contributed by atoms with Crippen molar-refractivity contribution < 1.29 is 0 Å². The van der Waals surface area contributed by atoms with Crippen LogP contribution in [0.3, 0.4) is 0 Å². The monoisotopic (exact) mass is 504 g/mol. The van der Waals surface area contributed by atoms with Crippen molar-refractivity contribution in [1.29, 1.82) is 0 Å². The number of hydrogen-bond acceptors (Lipinski definition) is 8. The van der Waals surface area contributed by atoms with E-state index in [0.717, 1.165) is 0 Å². The summed E-state index contributed by atoms with van der Waals surface area (Å²) in [7, 11) is 0. The zero-order chi connectivity index (χ0) is 24.8. The predicted octanol–water partition coefficient (Wildman–Crippen LogP) is 1.88. The lowest BCUT2D eigenvalue weighted by molar-refractivity contribution is -0.123. The van der Waals surface area contributed by atoms with Crippen molar-refractivity contribution in [3.63, 3.8) is 0 Å². The molecule has 0 amide bonds. The standard InChI is InChI=1S/C30H32N8/c1-3-7-19(8-4-1)21-23-25(37-17-13-33-29(37)27-31-11-15-35(23)27)22(20-9-5-2-6-10-20)26-24(21)36-16-12-32-28(36)30-34-14-18-38(26)30/h1-18,21-34H. The number of benzene rings is 2. The Morgan fingerprint density at radius 3 is 0.974 bits per heavy atom. The van der Waals surface area contributed by atoms with E-state index in [9.17, 15) is 0 Å². The molecule has 0 spiro atoms. The number of fused-ring (bicyclic) bond motifs is 12. The fraction of sp³-hybridized carbons (Fsp3) is 0.333. The van der Waals surface area contributed by atoms with Gasteiger partial charge in [0.05, 0.1) is 24.2 Å². The smallest absolute Gasteiger partial charge is 0.139 e. The summed E-state index contributed by atoms with van der Waals surface area (Å²) in [5.74, 6) is 0.574. The molecule has 2 aromatic carbocycles. The highest BCUT2D eigenvalue weighted by Crippen LogP contribution is 2.55. The summed E-state index contributed by atoms with van der Waals surface area (Å²) in [5.41, 5.74) is 2.82. The summed E-state index contributed by atoms with van der Waals surface area (Å²) in [6.07, 6.45) is 18.5. The van der Waals surface area contributed by atoms with E-state index in [0.29, 0.717) is 0 Å². The number of nitrogens with zero attached hydrogens (tertiary/aromatic N) is 4. The third-order valence-electron chi connectivity index (χ3n) is 9.86. The largest absolute Gasteiger partial charge is 0.367 e. The van der Waals surface area contributed by atoms with Crippen LogP contribution in [0, 0.1) is 0 Å². The first-order chi connectivity index (χ1) is 18.9. The molecule has 8 heteroatoms. The first kappa shape index (κ1) is 20.8. The van der Waals surface area contributed by atoms with Crippen LogP contribution >= 0.6 is 0 Å². The van der Waals surface area contributed by atoms with E-state index in [2.05, 4.69) is 151 Å². The van der Waals surface area contributed by atoms with E-state index in [1.54, 1.807) is 0 Å². The molecule has 7 aliphatic rings. The average molecular weight is 505 g/mol. The van der Waals surface area contributed by atoms with Crippen LogP contribution in [0.4, 0.5) is 0 Å². The molecule has 8 atom stereocenters. The van der Waals surface area contributed by atoms with Crippen LogP contribution in [0.1, 0.15) is 23.0 Å². The second kappa shape index (κ2) is 7.66. The van der Waals surface area contributed by atoms with Crippen molar-refractivity contribution in [2.45, 2.75) is 60.7 Å². The summed E-state index contributed by atoms with van der Waals surface area (Å²) in [5, 5.41) is 14.7. The van der Waals surface area contributed by atoms with Crippen LogP contribution in [-0.2, 0) is 0 Å². The fourth-order valence-corrected chi connectivity index (χ4v) is 8.62. The van der Waals surface area contributed by atoms with Crippen molar-refractivity contribution in [3.05, 3.63) is 121 Å². The van der Waals surface area contributed by atoms with Crippen LogP contribution in [0.5, 0.6) is 0 Å². The summed E-state index contributed by atoms with van der Waals surface area (Å²) in [4.78, 5) is 10.5. The van der Waals surface area contributed by atoms with Crippen molar-refractivity contribution in [1.82, 2.24) is 40.9 Å². The molecule has 0 aromatic heterocycles. The van der Waals surface area contributed by atoms with Gasteiger partial charge in [-0.25, -0.2) is 0 Å². The first-order valence-corrected chi connectivity index (χ1v) is 13.8. The minimum atomic E-state index is 0.179.